The van der Waals surface area contributed by atoms with Crippen molar-refractivity contribution in [3.05, 3.63) is 11.6 Å². The Kier molecular flexibility index (Phi) is 2.05. The van der Waals surface area contributed by atoms with Crippen LogP contribution < -0.4 is 0 Å². The lowest BCUT2D eigenvalue weighted by molar-refractivity contribution is -0.156. The largest absolute Gasteiger partial charge is 0.382 e. The molecule has 1 saturated carbocycles. The molecule has 0 aromatic carbocycles. The standard InChI is InChI=1S/C11H16O3/c1-8-7-9(12)11(14)6-4-2-3-5-10(8,11)13/h7,13-14H,2-6H2,1H3/t10-,11+/m1/s1. The highest BCUT2D eigenvalue weighted by Gasteiger charge is 2.58. The van der Waals surface area contributed by atoms with Crippen LogP contribution in [0, 0.1) is 0 Å². The molecular weight excluding hydrogens is 180 g/mol. The second kappa shape index (κ2) is 2.91. The van der Waals surface area contributed by atoms with Crippen LogP contribution in [0.25, 0.3) is 0 Å². The van der Waals surface area contributed by atoms with Crippen molar-refractivity contribution in [2.75, 3.05) is 0 Å². The summed E-state index contributed by atoms with van der Waals surface area (Å²) in [6, 6.07) is 0. The Labute approximate surface area is 83.4 Å². The second-order valence-corrected chi connectivity index (χ2v) is 4.47. The molecule has 0 spiro atoms. The monoisotopic (exact) mass is 196 g/mol. The molecule has 0 amide bonds. The van der Waals surface area contributed by atoms with Crippen LogP contribution in [0.2, 0.25) is 0 Å². The van der Waals surface area contributed by atoms with Crippen LogP contribution in [0.4, 0.5) is 0 Å². The number of ketones is 1. The van der Waals surface area contributed by atoms with E-state index in [1.54, 1.807) is 6.92 Å². The normalized spacial score (nSPS) is 43.1. The van der Waals surface area contributed by atoms with Gasteiger partial charge in [0.15, 0.2) is 11.4 Å². The molecule has 2 N–H and O–H groups in total. The summed E-state index contributed by atoms with van der Waals surface area (Å²) >= 11 is 0. The predicted molar refractivity (Wildman–Crippen MR) is 51.7 cm³/mol. The fourth-order valence-electron chi connectivity index (χ4n) is 2.64. The second-order valence-electron chi connectivity index (χ2n) is 4.47. The molecule has 2 atom stereocenters. The zero-order valence-electron chi connectivity index (χ0n) is 8.42. The third-order valence-corrected chi connectivity index (χ3v) is 3.67. The van der Waals surface area contributed by atoms with Crippen LogP contribution in [0.1, 0.15) is 39.0 Å². The molecule has 0 saturated heterocycles. The first-order chi connectivity index (χ1) is 6.51. The summed E-state index contributed by atoms with van der Waals surface area (Å²) in [5.74, 6) is -0.320. The van der Waals surface area contributed by atoms with Gasteiger partial charge in [0.05, 0.1) is 0 Å². The average Bonchev–Trinajstić information content (AvgIpc) is 2.29. The van der Waals surface area contributed by atoms with Gasteiger partial charge in [-0.3, -0.25) is 4.79 Å². The summed E-state index contributed by atoms with van der Waals surface area (Å²) in [7, 11) is 0. The van der Waals surface area contributed by atoms with Crippen LogP contribution in [0.5, 0.6) is 0 Å². The molecular formula is C11H16O3. The van der Waals surface area contributed by atoms with Crippen molar-refractivity contribution < 1.29 is 15.0 Å². The maximum Gasteiger partial charge on any atom is 0.190 e. The van der Waals surface area contributed by atoms with Crippen LogP contribution in [-0.2, 0) is 4.79 Å². The van der Waals surface area contributed by atoms with Crippen molar-refractivity contribution in [3.63, 3.8) is 0 Å². The maximum atomic E-state index is 11.6. The summed E-state index contributed by atoms with van der Waals surface area (Å²) in [5.41, 5.74) is -2.21. The van der Waals surface area contributed by atoms with Gasteiger partial charge in [0.25, 0.3) is 0 Å². The lowest BCUT2D eigenvalue weighted by Crippen LogP contribution is -2.55. The molecule has 2 rings (SSSR count). The van der Waals surface area contributed by atoms with Gasteiger partial charge in [0, 0.05) is 0 Å². The molecule has 3 nitrogen and oxygen atoms in total. The first-order valence-electron chi connectivity index (χ1n) is 5.19. The number of aliphatic hydroxyl groups is 2. The zero-order valence-corrected chi connectivity index (χ0v) is 8.42. The first-order valence-corrected chi connectivity index (χ1v) is 5.19. The van der Waals surface area contributed by atoms with Crippen molar-refractivity contribution in [1.82, 2.24) is 0 Å². The highest BCUT2D eigenvalue weighted by Crippen LogP contribution is 2.45. The van der Waals surface area contributed by atoms with Crippen molar-refractivity contribution in [2.45, 2.75) is 50.2 Å². The van der Waals surface area contributed by atoms with Crippen LogP contribution in [-0.4, -0.2) is 27.2 Å². The van der Waals surface area contributed by atoms with Gasteiger partial charge >= 0.3 is 0 Å². The molecule has 0 aliphatic heterocycles. The fourth-order valence-corrected chi connectivity index (χ4v) is 2.64. The minimum atomic E-state index is -1.53. The summed E-state index contributed by atoms with van der Waals surface area (Å²) < 4.78 is 0. The molecule has 0 aromatic heterocycles. The Bertz CT molecular complexity index is 308. The number of fused-ring (bicyclic) bond motifs is 1. The van der Waals surface area contributed by atoms with Gasteiger partial charge in [0.1, 0.15) is 5.60 Å². The third-order valence-electron chi connectivity index (χ3n) is 3.67. The van der Waals surface area contributed by atoms with E-state index in [2.05, 4.69) is 0 Å². The van der Waals surface area contributed by atoms with Crippen molar-refractivity contribution >= 4 is 5.78 Å². The molecule has 3 heteroatoms. The number of rotatable bonds is 0. The number of hydrogen-bond donors (Lipinski definition) is 2. The van der Waals surface area contributed by atoms with Gasteiger partial charge in [-0.25, -0.2) is 0 Å². The Hall–Kier alpha value is -0.670. The van der Waals surface area contributed by atoms with E-state index in [0.29, 0.717) is 18.4 Å². The Morgan fingerprint density at radius 3 is 2.36 bits per heavy atom. The van der Waals surface area contributed by atoms with Crippen LogP contribution in [0.3, 0.4) is 0 Å². The van der Waals surface area contributed by atoms with Gasteiger partial charge in [-0.2, -0.15) is 0 Å². The molecule has 2 aliphatic carbocycles. The Morgan fingerprint density at radius 1 is 1.14 bits per heavy atom. The Balaban J connectivity index is 2.45. The smallest absolute Gasteiger partial charge is 0.190 e. The van der Waals surface area contributed by atoms with E-state index in [-0.39, 0.29) is 5.78 Å². The van der Waals surface area contributed by atoms with Crippen molar-refractivity contribution in [2.24, 2.45) is 0 Å². The van der Waals surface area contributed by atoms with Crippen LogP contribution >= 0.6 is 0 Å². The molecule has 2 aliphatic rings. The number of hydrogen-bond acceptors (Lipinski definition) is 3. The number of carbonyl (C=O) groups excluding carboxylic acids is 1. The van der Waals surface area contributed by atoms with Gasteiger partial charge < -0.3 is 10.2 Å². The van der Waals surface area contributed by atoms with E-state index in [0.717, 1.165) is 19.3 Å². The molecule has 0 bridgehead atoms. The minimum Gasteiger partial charge on any atom is -0.382 e. The SMILES string of the molecule is CC1=CC(=O)[C@@]2(O)CCCCC[C@@]12O. The first kappa shape index (κ1) is 9.87. The van der Waals surface area contributed by atoms with E-state index in [9.17, 15) is 15.0 Å². The molecule has 1 fully saturated rings. The molecule has 14 heavy (non-hydrogen) atoms. The lowest BCUT2D eigenvalue weighted by Gasteiger charge is -2.36. The molecule has 0 aromatic rings. The van der Waals surface area contributed by atoms with E-state index >= 15 is 0 Å². The minimum absolute atomic E-state index is 0.320. The van der Waals surface area contributed by atoms with E-state index in [4.69, 9.17) is 0 Å². The quantitative estimate of drug-likeness (QED) is 0.606. The molecule has 0 radical (unpaired) electrons. The predicted octanol–water partition coefficient (Wildman–Crippen LogP) is 0.942. The highest BCUT2D eigenvalue weighted by molar-refractivity contribution is 6.02. The van der Waals surface area contributed by atoms with Gasteiger partial charge in [0.2, 0.25) is 0 Å². The maximum absolute atomic E-state index is 11.6. The summed E-state index contributed by atoms with van der Waals surface area (Å²) in [4.78, 5) is 11.6. The molecule has 0 heterocycles. The van der Waals surface area contributed by atoms with Gasteiger partial charge in [-0.15, -0.1) is 0 Å². The van der Waals surface area contributed by atoms with Crippen molar-refractivity contribution in [3.8, 4) is 0 Å². The topological polar surface area (TPSA) is 57.5 Å². The summed E-state index contributed by atoms with van der Waals surface area (Å²) in [6.45, 7) is 1.72. The van der Waals surface area contributed by atoms with Crippen molar-refractivity contribution in [1.29, 1.82) is 0 Å². The molecule has 0 unspecified atom stereocenters. The molecule has 78 valence electrons. The van der Waals surface area contributed by atoms with Crippen LogP contribution in [0.15, 0.2) is 11.6 Å². The number of carbonyl (C=O) groups is 1. The third kappa shape index (κ3) is 1.03. The Morgan fingerprint density at radius 2 is 1.71 bits per heavy atom. The van der Waals surface area contributed by atoms with E-state index < -0.39 is 11.2 Å². The van der Waals surface area contributed by atoms with Gasteiger partial charge in [-0.05, 0) is 37.8 Å². The van der Waals surface area contributed by atoms with E-state index in [1.165, 1.54) is 6.08 Å². The lowest BCUT2D eigenvalue weighted by atomic mass is 9.78. The van der Waals surface area contributed by atoms with E-state index in [1.807, 2.05) is 0 Å². The zero-order chi connectivity index (χ0) is 10.4. The summed E-state index contributed by atoms with van der Waals surface area (Å²) in [5, 5.41) is 20.6. The highest BCUT2D eigenvalue weighted by atomic mass is 16.4. The summed E-state index contributed by atoms with van der Waals surface area (Å²) in [6.07, 6.45) is 4.94. The average molecular weight is 196 g/mol. The van der Waals surface area contributed by atoms with Gasteiger partial charge in [-0.1, -0.05) is 12.8 Å². The fraction of sp³-hybridized carbons (Fsp3) is 0.727.